The highest BCUT2D eigenvalue weighted by Gasteiger charge is 2.25. The lowest BCUT2D eigenvalue weighted by molar-refractivity contribution is 0.0740. The Hall–Kier alpha value is -2.96. The maximum absolute atomic E-state index is 12.9. The smallest absolute Gasteiger partial charge is 0.272 e. The number of anilines is 1. The molecule has 2 aromatic rings. The van der Waals surface area contributed by atoms with Gasteiger partial charge in [-0.3, -0.25) is 9.59 Å². The summed E-state index contributed by atoms with van der Waals surface area (Å²) in [6.07, 6.45) is 6.12. The molecule has 1 saturated carbocycles. The van der Waals surface area contributed by atoms with E-state index in [1.807, 2.05) is 18.2 Å². The zero-order valence-electron chi connectivity index (χ0n) is 15.9. The van der Waals surface area contributed by atoms with Crippen LogP contribution in [0.4, 0.5) is 5.82 Å². The number of hydrogen-bond acceptors (Lipinski definition) is 5. The molecule has 0 unspecified atom stereocenters. The molecule has 2 aliphatic rings. The summed E-state index contributed by atoms with van der Waals surface area (Å²) >= 11 is 0. The van der Waals surface area contributed by atoms with Crippen molar-refractivity contribution < 1.29 is 9.59 Å². The first-order valence-electron chi connectivity index (χ1n) is 9.94. The molecule has 1 aliphatic heterocycles. The summed E-state index contributed by atoms with van der Waals surface area (Å²) in [6.45, 7) is 2.67. The first-order valence-corrected chi connectivity index (χ1v) is 9.94. The Balaban J connectivity index is 1.38. The number of rotatable bonds is 4. The monoisotopic (exact) mass is 379 g/mol. The molecule has 0 bridgehead atoms. The average molecular weight is 379 g/mol. The van der Waals surface area contributed by atoms with Crippen LogP contribution in [0.1, 0.15) is 46.7 Å². The molecule has 0 spiro atoms. The average Bonchev–Trinajstić information content (AvgIpc) is 3.27. The third kappa shape index (κ3) is 4.13. The molecule has 1 aliphatic carbocycles. The minimum Gasteiger partial charge on any atom is -0.353 e. The van der Waals surface area contributed by atoms with Crippen LogP contribution in [0.25, 0.3) is 0 Å². The fourth-order valence-electron chi connectivity index (χ4n) is 3.85. The number of piperazine rings is 1. The van der Waals surface area contributed by atoms with Crippen LogP contribution in [0.5, 0.6) is 0 Å². The molecule has 146 valence electrons. The van der Waals surface area contributed by atoms with Gasteiger partial charge >= 0.3 is 0 Å². The predicted octanol–water partition coefficient (Wildman–Crippen LogP) is 2.11. The Morgan fingerprint density at radius 3 is 2.39 bits per heavy atom. The molecule has 2 aromatic heterocycles. The zero-order valence-corrected chi connectivity index (χ0v) is 15.9. The standard InChI is InChI=1S/C21H25N5O2/c27-20(23-16-6-1-2-7-16)17-8-5-9-18(24-17)21(28)26-14-12-25(13-15-26)19-10-3-4-11-22-19/h3-5,8-11,16H,1-2,6-7,12-15H2,(H,23,27). The van der Waals surface area contributed by atoms with E-state index in [0.717, 1.165) is 44.6 Å². The van der Waals surface area contributed by atoms with Gasteiger partial charge in [-0.05, 0) is 37.1 Å². The molecule has 0 radical (unpaired) electrons. The summed E-state index contributed by atoms with van der Waals surface area (Å²) in [5.74, 6) is 0.607. The van der Waals surface area contributed by atoms with Gasteiger partial charge in [-0.25, -0.2) is 9.97 Å². The summed E-state index contributed by atoms with van der Waals surface area (Å²) in [5.41, 5.74) is 0.634. The van der Waals surface area contributed by atoms with Crippen LogP contribution in [-0.4, -0.2) is 58.9 Å². The van der Waals surface area contributed by atoms with Crippen molar-refractivity contribution in [2.75, 3.05) is 31.1 Å². The van der Waals surface area contributed by atoms with Crippen molar-refractivity contribution in [1.29, 1.82) is 0 Å². The number of carbonyl (C=O) groups is 2. The van der Waals surface area contributed by atoms with Crippen molar-refractivity contribution in [3.63, 3.8) is 0 Å². The highest BCUT2D eigenvalue weighted by Crippen LogP contribution is 2.18. The Morgan fingerprint density at radius 2 is 1.68 bits per heavy atom. The highest BCUT2D eigenvalue weighted by molar-refractivity contribution is 5.96. The molecule has 3 heterocycles. The van der Waals surface area contributed by atoms with E-state index >= 15 is 0 Å². The topological polar surface area (TPSA) is 78.4 Å². The minimum atomic E-state index is -0.193. The lowest BCUT2D eigenvalue weighted by Crippen LogP contribution is -2.49. The minimum absolute atomic E-state index is 0.129. The van der Waals surface area contributed by atoms with Crippen molar-refractivity contribution in [1.82, 2.24) is 20.2 Å². The summed E-state index contributed by atoms with van der Waals surface area (Å²) in [5, 5.41) is 3.02. The van der Waals surface area contributed by atoms with E-state index in [-0.39, 0.29) is 17.9 Å². The van der Waals surface area contributed by atoms with Gasteiger partial charge in [0.05, 0.1) is 0 Å². The van der Waals surface area contributed by atoms with Crippen molar-refractivity contribution in [3.05, 3.63) is 54.0 Å². The van der Waals surface area contributed by atoms with Crippen LogP contribution in [-0.2, 0) is 0 Å². The second kappa shape index (κ2) is 8.37. The van der Waals surface area contributed by atoms with Gasteiger partial charge < -0.3 is 15.1 Å². The van der Waals surface area contributed by atoms with Crippen LogP contribution in [0.2, 0.25) is 0 Å². The van der Waals surface area contributed by atoms with Crippen LogP contribution >= 0.6 is 0 Å². The van der Waals surface area contributed by atoms with E-state index in [9.17, 15) is 9.59 Å². The Bertz CT molecular complexity index is 828. The van der Waals surface area contributed by atoms with E-state index in [1.54, 1.807) is 29.3 Å². The number of hydrogen-bond donors (Lipinski definition) is 1. The van der Waals surface area contributed by atoms with Gasteiger partial charge in [0.2, 0.25) is 0 Å². The van der Waals surface area contributed by atoms with Crippen molar-refractivity contribution in [3.8, 4) is 0 Å². The van der Waals surface area contributed by atoms with E-state index in [4.69, 9.17) is 0 Å². The lowest BCUT2D eigenvalue weighted by Gasteiger charge is -2.35. The summed E-state index contributed by atoms with van der Waals surface area (Å²) in [6, 6.07) is 11.1. The molecular formula is C21H25N5O2. The van der Waals surface area contributed by atoms with Crippen molar-refractivity contribution in [2.24, 2.45) is 0 Å². The summed E-state index contributed by atoms with van der Waals surface area (Å²) < 4.78 is 0. The van der Waals surface area contributed by atoms with Gasteiger partial charge in [0.15, 0.2) is 0 Å². The molecule has 2 amide bonds. The molecule has 1 saturated heterocycles. The van der Waals surface area contributed by atoms with Gasteiger partial charge in [0, 0.05) is 38.4 Å². The zero-order chi connectivity index (χ0) is 19.3. The second-order valence-electron chi connectivity index (χ2n) is 7.33. The fraction of sp³-hybridized carbons (Fsp3) is 0.429. The van der Waals surface area contributed by atoms with E-state index in [1.165, 1.54) is 0 Å². The fourth-order valence-corrected chi connectivity index (χ4v) is 3.85. The van der Waals surface area contributed by atoms with E-state index < -0.39 is 0 Å². The molecular weight excluding hydrogens is 354 g/mol. The lowest BCUT2D eigenvalue weighted by atomic mass is 10.2. The number of aromatic nitrogens is 2. The maximum atomic E-state index is 12.9. The Morgan fingerprint density at radius 1 is 0.929 bits per heavy atom. The predicted molar refractivity (Wildman–Crippen MR) is 106 cm³/mol. The van der Waals surface area contributed by atoms with Crippen LogP contribution in [0, 0.1) is 0 Å². The van der Waals surface area contributed by atoms with Crippen LogP contribution in [0.3, 0.4) is 0 Å². The van der Waals surface area contributed by atoms with Crippen LogP contribution in [0.15, 0.2) is 42.6 Å². The number of nitrogens with zero attached hydrogens (tertiary/aromatic N) is 4. The molecule has 28 heavy (non-hydrogen) atoms. The Kier molecular flexibility index (Phi) is 5.50. The summed E-state index contributed by atoms with van der Waals surface area (Å²) in [4.78, 5) is 38.0. The van der Waals surface area contributed by atoms with Gasteiger partial charge in [-0.15, -0.1) is 0 Å². The maximum Gasteiger partial charge on any atom is 0.272 e. The van der Waals surface area contributed by atoms with Gasteiger partial charge in [-0.1, -0.05) is 25.0 Å². The molecule has 1 N–H and O–H groups in total. The Labute approximate surface area is 164 Å². The number of pyridine rings is 2. The largest absolute Gasteiger partial charge is 0.353 e. The second-order valence-corrected chi connectivity index (χ2v) is 7.33. The van der Waals surface area contributed by atoms with Crippen molar-refractivity contribution in [2.45, 2.75) is 31.7 Å². The van der Waals surface area contributed by atoms with Gasteiger partial charge in [-0.2, -0.15) is 0 Å². The third-order valence-electron chi connectivity index (χ3n) is 5.43. The number of amides is 2. The SMILES string of the molecule is O=C(NC1CCCC1)c1cccc(C(=O)N2CCN(c3ccccn3)CC2)n1. The molecule has 7 nitrogen and oxygen atoms in total. The molecule has 0 atom stereocenters. The summed E-state index contributed by atoms with van der Waals surface area (Å²) in [7, 11) is 0. The molecule has 2 fully saturated rings. The highest BCUT2D eigenvalue weighted by atomic mass is 16.2. The normalized spacial score (nSPS) is 17.6. The van der Waals surface area contributed by atoms with E-state index in [0.29, 0.717) is 24.5 Å². The van der Waals surface area contributed by atoms with Crippen molar-refractivity contribution >= 4 is 17.6 Å². The first-order chi connectivity index (χ1) is 13.7. The molecule has 7 heteroatoms. The first kappa shape index (κ1) is 18.4. The quantitative estimate of drug-likeness (QED) is 0.880. The molecule has 0 aromatic carbocycles. The van der Waals surface area contributed by atoms with E-state index in [2.05, 4.69) is 20.2 Å². The third-order valence-corrected chi connectivity index (χ3v) is 5.43. The van der Waals surface area contributed by atoms with Crippen LogP contribution < -0.4 is 10.2 Å². The number of carbonyl (C=O) groups excluding carboxylic acids is 2. The van der Waals surface area contributed by atoms with Gasteiger partial charge in [0.25, 0.3) is 11.8 Å². The molecule has 4 rings (SSSR count). The van der Waals surface area contributed by atoms with Gasteiger partial charge in [0.1, 0.15) is 17.2 Å². The number of nitrogens with one attached hydrogen (secondary N) is 1.